The van der Waals surface area contributed by atoms with Gasteiger partial charge in [0.1, 0.15) is 6.10 Å². The van der Waals surface area contributed by atoms with Gasteiger partial charge >= 0.3 is 5.97 Å². The van der Waals surface area contributed by atoms with Gasteiger partial charge in [-0.15, -0.1) is 0 Å². The highest BCUT2D eigenvalue weighted by atomic mass is 16.6. The summed E-state index contributed by atoms with van der Waals surface area (Å²) in [6.45, 7) is 3.78. The highest BCUT2D eigenvalue weighted by Gasteiger charge is 2.47. The van der Waals surface area contributed by atoms with Gasteiger partial charge in [0.25, 0.3) is 5.56 Å². The second-order valence-electron chi connectivity index (χ2n) is 7.20. The molecule has 0 spiro atoms. The molecular formula is C21H18N2O4. The Labute approximate surface area is 155 Å². The summed E-state index contributed by atoms with van der Waals surface area (Å²) in [5.41, 5.74) is 1.79. The maximum absolute atomic E-state index is 13.2. The molecule has 2 aliphatic heterocycles. The van der Waals surface area contributed by atoms with Crippen LogP contribution in [0.5, 0.6) is 0 Å². The molecule has 136 valence electrons. The molecule has 4 heterocycles. The second-order valence-corrected chi connectivity index (χ2v) is 7.20. The SMILES string of the molecule is CC[C@@]1(O)C(=O)O[C@@H](C)c2c1cc1n(c2=O)Cc2cc3ccccc3nc2-1. The largest absolute Gasteiger partial charge is 0.455 e. The summed E-state index contributed by atoms with van der Waals surface area (Å²) in [4.78, 5) is 30.3. The first-order valence-corrected chi connectivity index (χ1v) is 9.04. The fourth-order valence-electron chi connectivity index (χ4n) is 4.18. The zero-order valence-corrected chi connectivity index (χ0v) is 15.0. The number of hydrogen-bond donors (Lipinski definition) is 1. The number of esters is 1. The smallest absolute Gasteiger partial charge is 0.343 e. The summed E-state index contributed by atoms with van der Waals surface area (Å²) in [7, 11) is 0. The molecule has 3 aromatic rings. The van der Waals surface area contributed by atoms with Crippen molar-refractivity contribution < 1.29 is 14.6 Å². The van der Waals surface area contributed by atoms with Crippen LogP contribution in [-0.4, -0.2) is 20.6 Å². The number of hydrogen-bond acceptors (Lipinski definition) is 5. The molecule has 0 saturated heterocycles. The first-order valence-electron chi connectivity index (χ1n) is 9.04. The van der Waals surface area contributed by atoms with Crippen LogP contribution in [0.4, 0.5) is 0 Å². The summed E-state index contributed by atoms with van der Waals surface area (Å²) in [6.07, 6.45) is -0.563. The van der Waals surface area contributed by atoms with Crippen LogP contribution in [0.3, 0.4) is 0 Å². The van der Waals surface area contributed by atoms with Crippen LogP contribution in [-0.2, 0) is 21.7 Å². The fraction of sp³-hybridized carbons (Fsp3) is 0.286. The first kappa shape index (κ1) is 16.2. The standard InChI is InChI=1S/C21H18N2O4/c1-3-21(26)14-9-16-18-13(8-12-6-4-5-7-15(12)22-18)10-23(16)19(24)17(14)11(2)27-20(21)25/h4-9,11,26H,3,10H2,1-2H3/t11-,21-/m0/s1. The fourth-order valence-corrected chi connectivity index (χ4v) is 4.18. The van der Waals surface area contributed by atoms with E-state index in [2.05, 4.69) is 0 Å². The Hall–Kier alpha value is -2.99. The highest BCUT2D eigenvalue weighted by molar-refractivity contribution is 5.86. The molecule has 0 amide bonds. The average Bonchev–Trinajstić information content (AvgIpc) is 3.02. The van der Waals surface area contributed by atoms with E-state index < -0.39 is 17.7 Å². The van der Waals surface area contributed by atoms with E-state index in [1.165, 1.54) is 0 Å². The van der Waals surface area contributed by atoms with Crippen molar-refractivity contribution in [3.63, 3.8) is 0 Å². The van der Waals surface area contributed by atoms with Gasteiger partial charge in [-0.05, 0) is 31.5 Å². The number of nitrogens with zero attached hydrogens (tertiary/aromatic N) is 2. The zero-order valence-electron chi connectivity index (χ0n) is 15.0. The van der Waals surface area contributed by atoms with Crippen molar-refractivity contribution in [3.05, 3.63) is 63.4 Å². The van der Waals surface area contributed by atoms with Gasteiger partial charge < -0.3 is 14.4 Å². The summed E-state index contributed by atoms with van der Waals surface area (Å²) >= 11 is 0. The number of aliphatic hydroxyl groups is 1. The lowest BCUT2D eigenvalue weighted by atomic mass is 9.84. The third kappa shape index (κ3) is 2.01. The quantitative estimate of drug-likeness (QED) is 0.527. The lowest BCUT2D eigenvalue weighted by Crippen LogP contribution is -2.45. The third-order valence-corrected chi connectivity index (χ3v) is 5.70. The predicted octanol–water partition coefficient (Wildman–Crippen LogP) is 2.64. The Balaban J connectivity index is 1.83. The minimum Gasteiger partial charge on any atom is -0.455 e. The van der Waals surface area contributed by atoms with Crippen LogP contribution in [0.1, 0.15) is 43.1 Å². The van der Waals surface area contributed by atoms with Gasteiger partial charge in [0.15, 0.2) is 5.60 Å². The molecule has 6 nitrogen and oxygen atoms in total. The summed E-state index contributed by atoms with van der Waals surface area (Å²) in [5, 5.41) is 12.0. The molecule has 5 rings (SSSR count). The number of para-hydroxylation sites is 1. The van der Waals surface area contributed by atoms with E-state index in [1.54, 1.807) is 24.5 Å². The predicted molar refractivity (Wildman–Crippen MR) is 99.2 cm³/mol. The van der Waals surface area contributed by atoms with Crippen molar-refractivity contribution in [2.24, 2.45) is 0 Å². The van der Waals surface area contributed by atoms with Crippen LogP contribution in [0, 0.1) is 0 Å². The second kappa shape index (κ2) is 5.27. The molecule has 0 saturated carbocycles. The summed E-state index contributed by atoms with van der Waals surface area (Å²) < 4.78 is 6.94. The number of pyridine rings is 2. The van der Waals surface area contributed by atoms with Gasteiger partial charge in [-0.2, -0.15) is 0 Å². The van der Waals surface area contributed by atoms with Crippen molar-refractivity contribution >= 4 is 16.9 Å². The van der Waals surface area contributed by atoms with Gasteiger partial charge in [0.2, 0.25) is 0 Å². The van der Waals surface area contributed by atoms with Crippen molar-refractivity contribution in [3.8, 4) is 11.4 Å². The minimum absolute atomic E-state index is 0.131. The van der Waals surface area contributed by atoms with Gasteiger partial charge in [-0.25, -0.2) is 9.78 Å². The molecule has 0 aliphatic carbocycles. The van der Waals surface area contributed by atoms with E-state index in [0.29, 0.717) is 23.4 Å². The van der Waals surface area contributed by atoms with E-state index >= 15 is 0 Å². The zero-order chi connectivity index (χ0) is 18.9. The average molecular weight is 362 g/mol. The molecule has 2 atom stereocenters. The lowest BCUT2D eigenvalue weighted by molar-refractivity contribution is -0.177. The van der Waals surface area contributed by atoms with E-state index in [4.69, 9.17) is 9.72 Å². The number of cyclic esters (lactones) is 1. The number of ether oxygens (including phenoxy) is 1. The molecule has 1 N–H and O–H groups in total. The Morgan fingerprint density at radius 3 is 2.85 bits per heavy atom. The van der Waals surface area contributed by atoms with Crippen LogP contribution in [0.25, 0.3) is 22.3 Å². The maximum atomic E-state index is 13.2. The van der Waals surface area contributed by atoms with E-state index in [9.17, 15) is 14.7 Å². The highest BCUT2D eigenvalue weighted by Crippen LogP contribution is 2.41. The van der Waals surface area contributed by atoms with Gasteiger partial charge in [0.05, 0.1) is 29.0 Å². The van der Waals surface area contributed by atoms with Crippen molar-refractivity contribution in [2.75, 3.05) is 0 Å². The topological polar surface area (TPSA) is 81.4 Å². The van der Waals surface area contributed by atoms with Crippen LogP contribution >= 0.6 is 0 Å². The first-order chi connectivity index (χ1) is 12.9. The number of fused-ring (bicyclic) bond motifs is 5. The summed E-state index contributed by atoms with van der Waals surface area (Å²) in [5.74, 6) is -0.709. The molecule has 6 heteroatoms. The molecule has 2 aliphatic rings. The Morgan fingerprint density at radius 1 is 1.30 bits per heavy atom. The van der Waals surface area contributed by atoms with Crippen molar-refractivity contribution in [1.82, 2.24) is 9.55 Å². The van der Waals surface area contributed by atoms with Crippen LogP contribution in [0.15, 0.2) is 41.2 Å². The number of rotatable bonds is 1. The summed E-state index contributed by atoms with van der Waals surface area (Å²) in [6, 6.07) is 11.6. The monoisotopic (exact) mass is 362 g/mol. The molecule has 27 heavy (non-hydrogen) atoms. The van der Waals surface area contributed by atoms with E-state index in [1.807, 2.05) is 30.3 Å². The Bertz CT molecular complexity index is 1200. The molecule has 0 bridgehead atoms. The number of aromatic nitrogens is 2. The Kier molecular flexibility index (Phi) is 3.16. The maximum Gasteiger partial charge on any atom is 0.343 e. The molecular weight excluding hydrogens is 344 g/mol. The normalized spacial score (nSPS) is 22.9. The number of carbonyl (C=O) groups excluding carboxylic acids is 1. The lowest BCUT2D eigenvalue weighted by Gasteiger charge is -2.34. The van der Waals surface area contributed by atoms with Crippen LogP contribution < -0.4 is 5.56 Å². The van der Waals surface area contributed by atoms with Crippen molar-refractivity contribution in [2.45, 2.75) is 38.5 Å². The van der Waals surface area contributed by atoms with Crippen molar-refractivity contribution in [1.29, 1.82) is 0 Å². The van der Waals surface area contributed by atoms with E-state index in [0.717, 1.165) is 22.2 Å². The van der Waals surface area contributed by atoms with Gasteiger partial charge in [-0.1, -0.05) is 25.1 Å². The van der Waals surface area contributed by atoms with Gasteiger partial charge in [0, 0.05) is 16.5 Å². The minimum atomic E-state index is -1.81. The van der Waals surface area contributed by atoms with Gasteiger partial charge in [-0.3, -0.25) is 4.79 Å². The molecule has 0 fully saturated rings. The molecule has 2 aromatic heterocycles. The molecule has 0 unspecified atom stereocenters. The molecule has 0 radical (unpaired) electrons. The third-order valence-electron chi connectivity index (χ3n) is 5.70. The van der Waals surface area contributed by atoms with E-state index in [-0.39, 0.29) is 12.0 Å². The number of carbonyl (C=O) groups is 1. The van der Waals surface area contributed by atoms with Crippen LogP contribution in [0.2, 0.25) is 0 Å². The Morgan fingerprint density at radius 2 is 2.07 bits per heavy atom. The molecule has 1 aromatic carbocycles. The number of benzene rings is 1.